The van der Waals surface area contributed by atoms with Gasteiger partial charge >= 0.3 is 6.09 Å². The predicted molar refractivity (Wildman–Crippen MR) is 128 cm³/mol. The standard InChI is InChI=1S/C26H37N3O4/c1-8-29(24(31)19(4)27-25(32)33-26(5,6)7)22(20-15-17(2)14-18(3)16-20)23(30)28-21-12-10-9-11-13-21/h1,14-16,19,21-22H,9-13H2,2-7H3,(H,27,32)(H,28,30). The van der Waals surface area contributed by atoms with E-state index in [9.17, 15) is 14.4 Å². The summed E-state index contributed by atoms with van der Waals surface area (Å²) >= 11 is 0. The maximum Gasteiger partial charge on any atom is 0.408 e. The van der Waals surface area contributed by atoms with Gasteiger partial charge in [0.2, 0.25) is 5.91 Å². The number of carbonyl (C=O) groups excluding carboxylic acids is 3. The third-order valence-electron chi connectivity index (χ3n) is 5.50. The zero-order valence-corrected chi connectivity index (χ0v) is 20.7. The first-order valence-electron chi connectivity index (χ1n) is 11.6. The lowest BCUT2D eigenvalue weighted by Gasteiger charge is -2.31. The van der Waals surface area contributed by atoms with Gasteiger partial charge in [-0.25, -0.2) is 4.79 Å². The van der Waals surface area contributed by atoms with Crippen molar-refractivity contribution in [3.63, 3.8) is 0 Å². The normalized spacial score (nSPS) is 16.2. The van der Waals surface area contributed by atoms with Crippen molar-refractivity contribution in [1.29, 1.82) is 0 Å². The second-order valence-corrected chi connectivity index (χ2v) is 9.87. The van der Waals surface area contributed by atoms with Crippen LogP contribution in [0.4, 0.5) is 4.79 Å². The molecular weight excluding hydrogens is 418 g/mol. The molecule has 0 bridgehead atoms. The van der Waals surface area contributed by atoms with Crippen molar-refractivity contribution in [2.24, 2.45) is 0 Å². The minimum atomic E-state index is -1.01. The van der Waals surface area contributed by atoms with Gasteiger partial charge in [-0.15, -0.1) is 0 Å². The van der Waals surface area contributed by atoms with Gasteiger partial charge in [-0.05, 0) is 59.9 Å². The topological polar surface area (TPSA) is 87.7 Å². The van der Waals surface area contributed by atoms with Crippen LogP contribution in [-0.2, 0) is 14.3 Å². The lowest BCUT2D eigenvalue weighted by Crippen LogP contribution is -2.51. The van der Waals surface area contributed by atoms with Crippen LogP contribution in [0.3, 0.4) is 0 Å². The van der Waals surface area contributed by atoms with Crippen LogP contribution in [0.1, 0.15) is 82.5 Å². The number of nitrogens with one attached hydrogen (secondary N) is 2. The largest absolute Gasteiger partial charge is 0.444 e. The van der Waals surface area contributed by atoms with E-state index in [0.29, 0.717) is 5.56 Å². The summed E-state index contributed by atoms with van der Waals surface area (Å²) in [5.74, 6) is -0.881. The molecule has 0 aromatic heterocycles. The lowest BCUT2D eigenvalue weighted by molar-refractivity contribution is -0.138. The van der Waals surface area contributed by atoms with Crippen LogP contribution in [0.5, 0.6) is 0 Å². The molecule has 1 aromatic carbocycles. The maximum absolute atomic E-state index is 13.5. The molecule has 1 fully saturated rings. The SMILES string of the molecule is C#CN(C(=O)C(C)NC(=O)OC(C)(C)C)C(C(=O)NC1CCCCC1)c1cc(C)cc(C)c1. The average Bonchev–Trinajstić information content (AvgIpc) is 2.69. The summed E-state index contributed by atoms with van der Waals surface area (Å²) in [6.45, 7) is 10.6. The Morgan fingerprint density at radius 3 is 2.18 bits per heavy atom. The number of terminal acetylenes is 1. The minimum absolute atomic E-state index is 0.0618. The molecule has 1 aromatic rings. The molecule has 1 aliphatic carbocycles. The van der Waals surface area contributed by atoms with Gasteiger partial charge in [0.15, 0.2) is 0 Å². The number of aryl methyl sites for hydroxylation is 2. The maximum atomic E-state index is 13.5. The van der Waals surface area contributed by atoms with Crippen molar-refractivity contribution in [2.45, 2.75) is 97.4 Å². The average molecular weight is 456 g/mol. The number of benzene rings is 1. The number of ether oxygens (including phenoxy) is 1. The summed E-state index contributed by atoms with van der Waals surface area (Å²) < 4.78 is 5.24. The molecule has 180 valence electrons. The Kier molecular flexibility index (Phi) is 8.92. The molecule has 0 aliphatic heterocycles. The van der Waals surface area contributed by atoms with E-state index in [1.165, 1.54) is 6.92 Å². The monoisotopic (exact) mass is 455 g/mol. The van der Waals surface area contributed by atoms with Gasteiger partial charge in [-0.2, -0.15) is 0 Å². The van der Waals surface area contributed by atoms with E-state index in [2.05, 4.69) is 16.7 Å². The Hall–Kier alpha value is -3.01. The van der Waals surface area contributed by atoms with E-state index in [4.69, 9.17) is 11.2 Å². The van der Waals surface area contributed by atoms with E-state index in [1.54, 1.807) is 20.8 Å². The second kappa shape index (κ2) is 11.2. The predicted octanol–water partition coefficient (Wildman–Crippen LogP) is 4.13. The lowest BCUT2D eigenvalue weighted by atomic mass is 9.94. The van der Waals surface area contributed by atoms with Crippen molar-refractivity contribution < 1.29 is 19.1 Å². The van der Waals surface area contributed by atoms with E-state index in [1.807, 2.05) is 32.0 Å². The molecule has 2 unspecified atom stereocenters. The molecule has 2 N–H and O–H groups in total. The number of amides is 3. The fourth-order valence-electron chi connectivity index (χ4n) is 4.13. The number of hydrogen-bond donors (Lipinski definition) is 2. The summed E-state index contributed by atoms with van der Waals surface area (Å²) in [4.78, 5) is 40.0. The Morgan fingerprint density at radius 1 is 1.09 bits per heavy atom. The Bertz CT molecular complexity index is 887. The Labute approximate surface area is 197 Å². The third-order valence-corrected chi connectivity index (χ3v) is 5.50. The van der Waals surface area contributed by atoms with Gasteiger partial charge < -0.3 is 15.4 Å². The van der Waals surface area contributed by atoms with Gasteiger partial charge in [0.1, 0.15) is 17.7 Å². The van der Waals surface area contributed by atoms with Crippen molar-refractivity contribution in [3.8, 4) is 12.5 Å². The van der Waals surface area contributed by atoms with Crippen LogP contribution in [0.2, 0.25) is 0 Å². The van der Waals surface area contributed by atoms with Gasteiger partial charge in [-0.1, -0.05) is 55.0 Å². The molecule has 2 rings (SSSR count). The minimum Gasteiger partial charge on any atom is -0.444 e. The fourth-order valence-corrected chi connectivity index (χ4v) is 4.13. The first-order valence-corrected chi connectivity index (χ1v) is 11.6. The van der Waals surface area contributed by atoms with Crippen LogP contribution in [-0.4, -0.2) is 40.5 Å². The molecule has 0 heterocycles. The summed E-state index contributed by atoms with van der Waals surface area (Å²) in [6, 6.07) is 6.18. The highest BCUT2D eigenvalue weighted by Gasteiger charge is 2.35. The Morgan fingerprint density at radius 2 is 1.67 bits per heavy atom. The zero-order valence-electron chi connectivity index (χ0n) is 20.7. The number of rotatable bonds is 6. The first kappa shape index (κ1) is 26.2. The highest BCUT2D eigenvalue weighted by atomic mass is 16.6. The van der Waals surface area contributed by atoms with Gasteiger partial charge in [0.05, 0.1) is 0 Å². The number of nitrogens with zero attached hydrogens (tertiary/aromatic N) is 1. The molecule has 2 atom stereocenters. The second-order valence-electron chi connectivity index (χ2n) is 9.87. The molecule has 0 spiro atoms. The quantitative estimate of drug-likeness (QED) is 0.499. The molecule has 3 amide bonds. The van der Waals surface area contributed by atoms with Crippen molar-refractivity contribution in [2.75, 3.05) is 0 Å². The molecule has 1 saturated carbocycles. The van der Waals surface area contributed by atoms with Crippen LogP contribution in [0, 0.1) is 26.3 Å². The van der Waals surface area contributed by atoms with Crippen LogP contribution >= 0.6 is 0 Å². The molecule has 0 saturated heterocycles. The number of hydrogen-bond acceptors (Lipinski definition) is 4. The summed E-state index contributed by atoms with van der Waals surface area (Å²) in [6.07, 6.45) is 10.1. The molecule has 1 aliphatic rings. The molecule has 7 heteroatoms. The third kappa shape index (κ3) is 7.81. The van der Waals surface area contributed by atoms with Gasteiger partial charge in [-0.3, -0.25) is 14.5 Å². The van der Waals surface area contributed by atoms with Crippen LogP contribution in [0.25, 0.3) is 0 Å². The summed E-state index contributed by atoms with van der Waals surface area (Å²) in [5.41, 5.74) is 1.85. The summed E-state index contributed by atoms with van der Waals surface area (Å²) in [5, 5.41) is 5.62. The zero-order chi connectivity index (χ0) is 24.8. The smallest absolute Gasteiger partial charge is 0.408 e. The Balaban J connectivity index is 2.32. The molecular formula is C26H37N3O4. The van der Waals surface area contributed by atoms with E-state index in [0.717, 1.165) is 48.1 Å². The number of carbonyl (C=O) groups is 3. The molecule has 7 nitrogen and oxygen atoms in total. The van der Waals surface area contributed by atoms with Crippen LogP contribution in [0.15, 0.2) is 18.2 Å². The van der Waals surface area contributed by atoms with E-state index >= 15 is 0 Å². The van der Waals surface area contributed by atoms with E-state index < -0.39 is 29.7 Å². The van der Waals surface area contributed by atoms with Crippen LogP contribution < -0.4 is 10.6 Å². The highest BCUT2D eigenvalue weighted by molar-refractivity contribution is 5.93. The van der Waals surface area contributed by atoms with Gasteiger partial charge in [0.25, 0.3) is 5.91 Å². The first-order chi connectivity index (χ1) is 15.4. The molecule has 33 heavy (non-hydrogen) atoms. The number of alkyl carbamates (subject to hydrolysis) is 1. The van der Waals surface area contributed by atoms with E-state index in [-0.39, 0.29) is 11.9 Å². The highest BCUT2D eigenvalue weighted by Crippen LogP contribution is 2.26. The van der Waals surface area contributed by atoms with Crippen molar-refractivity contribution >= 4 is 17.9 Å². The molecule has 0 radical (unpaired) electrons. The summed E-state index contributed by atoms with van der Waals surface area (Å²) in [7, 11) is 0. The van der Waals surface area contributed by atoms with Crippen molar-refractivity contribution in [3.05, 3.63) is 34.9 Å². The fraction of sp³-hybridized carbons (Fsp3) is 0.577. The van der Waals surface area contributed by atoms with Crippen molar-refractivity contribution in [1.82, 2.24) is 15.5 Å². The van der Waals surface area contributed by atoms with Gasteiger partial charge in [0, 0.05) is 12.1 Å².